The van der Waals surface area contributed by atoms with E-state index in [-0.39, 0.29) is 18.6 Å². The number of urea groups is 1. The predicted molar refractivity (Wildman–Crippen MR) is 75.2 cm³/mol. The fourth-order valence-corrected chi connectivity index (χ4v) is 2.42. The number of carbonyl (C=O) groups is 1. The quantitative estimate of drug-likeness (QED) is 0.795. The van der Waals surface area contributed by atoms with Crippen molar-refractivity contribution in [3.8, 4) is 0 Å². The van der Waals surface area contributed by atoms with Crippen molar-refractivity contribution in [2.45, 2.75) is 37.8 Å². The molecule has 19 heavy (non-hydrogen) atoms. The van der Waals surface area contributed by atoms with Crippen molar-refractivity contribution in [3.05, 3.63) is 34.9 Å². The maximum Gasteiger partial charge on any atom is 0.315 e. The summed E-state index contributed by atoms with van der Waals surface area (Å²) in [5.41, 5.74) is 0.741. The Morgan fingerprint density at radius 3 is 2.58 bits per heavy atom. The van der Waals surface area contributed by atoms with E-state index in [0.29, 0.717) is 5.02 Å². The topological polar surface area (TPSA) is 61.4 Å². The zero-order valence-corrected chi connectivity index (χ0v) is 11.5. The number of carbonyl (C=O) groups excluding carboxylic acids is 1. The summed E-state index contributed by atoms with van der Waals surface area (Å²) in [7, 11) is 0. The van der Waals surface area contributed by atoms with E-state index in [0.717, 1.165) is 18.4 Å². The van der Waals surface area contributed by atoms with Gasteiger partial charge >= 0.3 is 6.03 Å². The predicted octanol–water partition coefficient (Wildman–Crippen LogP) is 2.62. The first kappa shape index (κ1) is 14.2. The van der Waals surface area contributed by atoms with Crippen LogP contribution in [0, 0.1) is 0 Å². The van der Waals surface area contributed by atoms with E-state index in [1.165, 1.54) is 12.8 Å². The number of aliphatic hydroxyl groups excluding tert-OH is 1. The van der Waals surface area contributed by atoms with Gasteiger partial charge in [0.1, 0.15) is 0 Å². The van der Waals surface area contributed by atoms with E-state index in [2.05, 4.69) is 10.6 Å². The van der Waals surface area contributed by atoms with Gasteiger partial charge in [0.15, 0.2) is 0 Å². The summed E-state index contributed by atoms with van der Waals surface area (Å²) in [6, 6.07) is 7.03. The molecule has 1 atom stereocenters. The van der Waals surface area contributed by atoms with Crippen molar-refractivity contribution in [3.63, 3.8) is 0 Å². The lowest BCUT2D eigenvalue weighted by molar-refractivity contribution is 0.172. The second kappa shape index (κ2) is 6.78. The fraction of sp³-hybridized carbons (Fsp3) is 0.500. The van der Waals surface area contributed by atoms with E-state index in [1.54, 1.807) is 24.3 Å². The van der Waals surface area contributed by atoms with Crippen molar-refractivity contribution in [2.75, 3.05) is 6.54 Å². The Balaban J connectivity index is 1.74. The minimum atomic E-state index is -0.716. The molecule has 3 N–H and O–H groups in total. The average molecular weight is 283 g/mol. The molecular formula is C14H19ClN2O2. The number of amides is 2. The molecule has 2 amide bonds. The van der Waals surface area contributed by atoms with Gasteiger partial charge in [0.05, 0.1) is 6.10 Å². The highest BCUT2D eigenvalue weighted by Crippen LogP contribution is 2.18. The SMILES string of the molecule is O=C(NCC(O)c1ccc(Cl)cc1)NC1CCCC1. The van der Waals surface area contributed by atoms with E-state index in [4.69, 9.17) is 11.6 Å². The van der Waals surface area contributed by atoms with Gasteiger partial charge in [0.25, 0.3) is 0 Å². The molecular weight excluding hydrogens is 264 g/mol. The standard InChI is InChI=1S/C14H19ClN2O2/c15-11-7-5-10(6-8-11)13(18)9-16-14(19)17-12-3-1-2-4-12/h5-8,12-13,18H,1-4,9H2,(H2,16,17,19). The molecule has 1 fully saturated rings. The first-order chi connectivity index (χ1) is 9.15. The molecule has 1 aliphatic rings. The van der Waals surface area contributed by atoms with Crippen molar-refractivity contribution in [1.29, 1.82) is 0 Å². The van der Waals surface area contributed by atoms with Crippen LogP contribution in [0.5, 0.6) is 0 Å². The number of hydrogen-bond donors (Lipinski definition) is 3. The zero-order valence-electron chi connectivity index (χ0n) is 10.7. The van der Waals surface area contributed by atoms with Gasteiger partial charge in [0.2, 0.25) is 0 Å². The molecule has 0 saturated heterocycles. The van der Waals surface area contributed by atoms with Crippen LogP contribution in [0.3, 0.4) is 0 Å². The lowest BCUT2D eigenvalue weighted by Crippen LogP contribution is -2.42. The molecule has 104 valence electrons. The minimum absolute atomic E-state index is 0.195. The molecule has 0 aliphatic heterocycles. The van der Waals surface area contributed by atoms with Gasteiger partial charge in [-0.25, -0.2) is 4.79 Å². The first-order valence-electron chi connectivity index (χ1n) is 6.63. The number of nitrogens with one attached hydrogen (secondary N) is 2. The maximum atomic E-state index is 11.6. The third-order valence-electron chi connectivity index (χ3n) is 3.40. The van der Waals surface area contributed by atoms with Crippen LogP contribution in [-0.4, -0.2) is 23.7 Å². The van der Waals surface area contributed by atoms with Crippen LogP contribution in [0.2, 0.25) is 5.02 Å². The van der Waals surface area contributed by atoms with E-state index < -0.39 is 6.10 Å². The second-order valence-corrected chi connectivity index (χ2v) is 5.34. The van der Waals surface area contributed by atoms with Crippen LogP contribution in [0.1, 0.15) is 37.4 Å². The van der Waals surface area contributed by atoms with Gasteiger partial charge in [0, 0.05) is 17.6 Å². The van der Waals surface area contributed by atoms with E-state index in [9.17, 15) is 9.90 Å². The monoisotopic (exact) mass is 282 g/mol. The largest absolute Gasteiger partial charge is 0.387 e. The summed E-state index contributed by atoms with van der Waals surface area (Å²) in [5, 5.41) is 16.2. The van der Waals surface area contributed by atoms with Crippen LogP contribution in [0.25, 0.3) is 0 Å². The molecule has 2 rings (SSSR count). The Labute approximate surface area is 118 Å². The zero-order chi connectivity index (χ0) is 13.7. The Hall–Kier alpha value is -1.26. The molecule has 4 nitrogen and oxygen atoms in total. The lowest BCUT2D eigenvalue weighted by atomic mass is 10.1. The van der Waals surface area contributed by atoms with Crippen LogP contribution >= 0.6 is 11.6 Å². The van der Waals surface area contributed by atoms with E-state index >= 15 is 0 Å². The molecule has 1 saturated carbocycles. The summed E-state index contributed by atoms with van der Waals surface area (Å²) in [5.74, 6) is 0. The van der Waals surface area contributed by atoms with E-state index in [1.807, 2.05) is 0 Å². The van der Waals surface area contributed by atoms with Gasteiger partial charge in [-0.15, -0.1) is 0 Å². The number of aliphatic hydroxyl groups is 1. The average Bonchev–Trinajstić information content (AvgIpc) is 2.89. The highest BCUT2D eigenvalue weighted by atomic mass is 35.5. The maximum absolute atomic E-state index is 11.6. The first-order valence-corrected chi connectivity index (χ1v) is 7.01. The smallest absolute Gasteiger partial charge is 0.315 e. The van der Waals surface area contributed by atoms with Crippen molar-refractivity contribution < 1.29 is 9.90 Å². The molecule has 0 aromatic heterocycles. The van der Waals surface area contributed by atoms with Crippen molar-refractivity contribution >= 4 is 17.6 Å². The summed E-state index contributed by atoms with van der Waals surface area (Å²) in [6.07, 6.45) is 3.74. The minimum Gasteiger partial charge on any atom is -0.387 e. The molecule has 1 aliphatic carbocycles. The fourth-order valence-electron chi connectivity index (χ4n) is 2.30. The summed E-state index contributed by atoms with van der Waals surface area (Å²) in [4.78, 5) is 11.6. The Morgan fingerprint density at radius 1 is 1.32 bits per heavy atom. The van der Waals surface area contributed by atoms with Gasteiger partial charge < -0.3 is 15.7 Å². The van der Waals surface area contributed by atoms with Crippen LogP contribution < -0.4 is 10.6 Å². The summed E-state index contributed by atoms with van der Waals surface area (Å²) < 4.78 is 0. The summed E-state index contributed by atoms with van der Waals surface area (Å²) >= 11 is 5.78. The third kappa shape index (κ3) is 4.40. The second-order valence-electron chi connectivity index (χ2n) is 4.90. The summed E-state index contributed by atoms with van der Waals surface area (Å²) in [6.45, 7) is 0.195. The van der Waals surface area contributed by atoms with Crippen LogP contribution in [0.15, 0.2) is 24.3 Å². The lowest BCUT2D eigenvalue weighted by Gasteiger charge is -2.15. The van der Waals surface area contributed by atoms with Crippen molar-refractivity contribution in [1.82, 2.24) is 10.6 Å². The highest BCUT2D eigenvalue weighted by molar-refractivity contribution is 6.30. The Bertz CT molecular complexity index is 416. The third-order valence-corrected chi connectivity index (χ3v) is 3.65. The van der Waals surface area contributed by atoms with Gasteiger partial charge in [-0.2, -0.15) is 0 Å². The van der Waals surface area contributed by atoms with Gasteiger partial charge in [-0.05, 0) is 30.5 Å². The molecule has 5 heteroatoms. The molecule has 0 heterocycles. The molecule has 0 spiro atoms. The van der Waals surface area contributed by atoms with Gasteiger partial charge in [-0.3, -0.25) is 0 Å². The van der Waals surface area contributed by atoms with Gasteiger partial charge in [-0.1, -0.05) is 36.6 Å². The van der Waals surface area contributed by atoms with Crippen molar-refractivity contribution in [2.24, 2.45) is 0 Å². The Kier molecular flexibility index (Phi) is 5.05. The molecule has 1 unspecified atom stereocenters. The molecule has 1 aromatic rings. The number of rotatable bonds is 4. The molecule has 0 bridgehead atoms. The highest BCUT2D eigenvalue weighted by Gasteiger charge is 2.17. The van der Waals surface area contributed by atoms with Crippen LogP contribution in [0.4, 0.5) is 4.79 Å². The Morgan fingerprint density at radius 2 is 1.95 bits per heavy atom. The normalized spacial score (nSPS) is 17.2. The number of halogens is 1. The number of hydrogen-bond acceptors (Lipinski definition) is 2. The molecule has 1 aromatic carbocycles. The van der Waals surface area contributed by atoms with Crippen LogP contribution in [-0.2, 0) is 0 Å². The number of benzene rings is 1. The molecule has 0 radical (unpaired) electrons.